The molecule has 0 radical (unpaired) electrons. The lowest BCUT2D eigenvalue weighted by Crippen LogP contribution is -2.23. The van der Waals surface area contributed by atoms with Crippen molar-refractivity contribution in [2.45, 2.75) is 13.8 Å². The fourth-order valence-electron chi connectivity index (χ4n) is 0.767. The number of aromatic amines is 1. The standard InChI is InChI=1S/C8H11N3/c1-3-5-6-8-7(4-2)9-11-10-8/h3-6H,1-2H3,(H,9,10)/b5-3-,7-4+,8-6+. The zero-order chi connectivity index (χ0) is 8.10. The minimum Gasteiger partial charge on any atom is -0.258 e. The lowest BCUT2D eigenvalue weighted by molar-refractivity contribution is 0.925. The molecule has 0 saturated carbocycles. The molecule has 0 aliphatic heterocycles. The molecule has 0 aliphatic carbocycles. The first-order chi connectivity index (χ1) is 5.38. The highest BCUT2D eigenvalue weighted by molar-refractivity contribution is 5.34. The number of aromatic nitrogens is 3. The largest absolute Gasteiger partial charge is 0.258 e. The molecule has 58 valence electrons. The summed E-state index contributed by atoms with van der Waals surface area (Å²) < 4.78 is 0. The van der Waals surface area contributed by atoms with Crippen LogP contribution in [-0.2, 0) is 0 Å². The molecule has 0 unspecified atom stereocenters. The smallest absolute Gasteiger partial charge is 0.112 e. The summed E-state index contributed by atoms with van der Waals surface area (Å²) in [5.74, 6) is 0. The molecular formula is C8H11N3. The highest BCUT2D eigenvalue weighted by Gasteiger charge is 1.83. The lowest BCUT2D eigenvalue weighted by atomic mass is 10.4. The quantitative estimate of drug-likeness (QED) is 0.609. The minimum atomic E-state index is 0.880. The van der Waals surface area contributed by atoms with Gasteiger partial charge in [-0.3, -0.25) is 5.10 Å². The molecule has 0 bridgehead atoms. The van der Waals surface area contributed by atoms with E-state index in [9.17, 15) is 0 Å². The summed E-state index contributed by atoms with van der Waals surface area (Å²) >= 11 is 0. The van der Waals surface area contributed by atoms with E-state index in [1.165, 1.54) is 0 Å². The Kier molecular flexibility index (Phi) is 2.60. The normalized spacial score (nSPS) is 15.1. The Balaban J connectivity index is 3.23. The van der Waals surface area contributed by atoms with Gasteiger partial charge in [-0.15, -0.1) is 5.10 Å². The summed E-state index contributed by atoms with van der Waals surface area (Å²) in [4.78, 5) is 0. The predicted octanol–water partition coefficient (Wildman–Crippen LogP) is -0.0383. The van der Waals surface area contributed by atoms with Gasteiger partial charge in [-0.05, 0) is 19.9 Å². The second-order valence-corrected chi connectivity index (χ2v) is 2.09. The van der Waals surface area contributed by atoms with Gasteiger partial charge in [0.15, 0.2) is 0 Å². The molecule has 0 aliphatic rings. The second kappa shape index (κ2) is 3.71. The topological polar surface area (TPSA) is 41.6 Å². The van der Waals surface area contributed by atoms with Crippen LogP contribution < -0.4 is 10.7 Å². The van der Waals surface area contributed by atoms with Crippen LogP contribution in [0.2, 0.25) is 0 Å². The van der Waals surface area contributed by atoms with Crippen LogP contribution in [0, 0.1) is 0 Å². The lowest BCUT2D eigenvalue weighted by Gasteiger charge is -1.71. The maximum absolute atomic E-state index is 3.88. The van der Waals surface area contributed by atoms with E-state index in [4.69, 9.17) is 0 Å². The van der Waals surface area contributed by atoms with Gasteiger partial charge in [-0.2, -0.15) is 0 Å². The summed E-state index contributed by atoms with van der Waals surface area (Å²) in [5, 5.41) is 12.2. The number of hydrogen-bond donors (Lipinski definition) is 1. The average Bonchev–Trinajstić information content (AvgIpc) is 2.47. The molecule has 3 heteroatoms. The van der Waals surface area contributed by atoms with Gasteiger partial charge in [0.05, 0.1) is 5.35 Å². The van der Waals surface area contributed by atoms with Crippen LogP contribution in [0.1, 0.15) is 13.8 Å². The second-order valence-electron chi connectivity index (χ2n) is 2.09. The Morgan fingerprint density at radius 2 is 2.18 bits per heavy atom. The van der Waals surface area contributed by atoms with Gasteiger partial charge >= 0.3 is 0 Å². The van der Waals surface area contributed by atoms with Crippen LogP contribution in [0.3, 0.4) is 0 Å². The molecular weight excluding hydrogens is 138 g/mol. The summed E-state index contributed by atoms with van der Waals surface area (Å²) in [5.41, 5.74) is 0. The molecule has 1 aromatic heterocycles. The average molecular weight is 149 g/mol. The van der Waals surface area contributed by atoms with Crippen molar-refractivity contribution in [2.24, 2.45) is 0 Å². The molecule has 1 rings (SSSR count). The maximum Gasteiger partial charge on any atom is 0.112 e. The van der Waals surface area contributed by atoms with E-state index >= 15 is 0 Å². The number of nitrogens with one attached hydrogen (secondary N) is 1. The van der Waals surface area contributed by atoms with E-state index in [0.29, 0.717) is 0 Å². The summed E-state index contributed by atoms with van der Waals surface area (Å²) in [6.07, 6.45) is 7.74. The van der Waals surface area contributed by atoms with Crippen LogP contribution in [0.4, 0.5) is 0 Å². The van der Waals surface area contributed by atoms with E-state index in [1.807, 2.05) is 38.2 Å². The first-order valence-electron chi connectivity index (χ1n) is 3.55. The molecule has 1 aromatic rings. The van der Waals surface area contributed by atoms with Gasteiger partial charge in [0.1, 0.15) is 5.35 Å². The predicted molar refractivity (Wildman–Crippen MR) is 45.1 cm³/mol. The van der Waals surface area contributed by atoms with Crippen molar-refractivity contribution in [3.8, 4) is 0 Å². The molecule has 1 N–H and O–H groups in total. The van der Waals surface area contributed by atoms with E-state index in [-0.39, 0.29) is 0 Å². The highest BCUT2D eigenvalue weighted by atomic mass is 15.3. The molecule has 0 atom stereocenters. The van der Waals surface area contributed by atoms with E-state index in [2.05, 4.69) is 15.4 Å². The van der Waals surface area contributed by atoms with Crippen LogP contribution in [0.5, 0.6) is 0 Å². The Morgan fingerprint density at radius 1 is 1.36 bits per heavy atom. The monoisotopic (exact) mass is 149 g/mol. The van der Waals surface area contributed by atoms with E-state index in [1.54, 1.807) is 0 Å². The fraction of sp³-hybridized carbons (Fsp3) is 0.250. The molecule has 0 spiro atoms. The first-order valence-corrected chi connectivity index (χ1v) is 3.55. The third-order valence-electron chi connectivity index (χ3n) is 1.34. The van der Waals surface area contributed by atoms with Crippen LogP contribution in [-0.4, -0.2) is 15.4 Å². The molecule has 0 fully saturated rings. The number of hydrogen-bond acceptors (Lipinski definition) is 2. The van der Waals surface area contributed by atoms with Gasteiger partial charge < -0.3 is 0 Å². The number of allylic oxidation sites excluding steroid dienone is 2. The van der Waals surface area contributed by atoms with Crippen LogP contribution in [0.25, 0.3) is 12.2 Å². The summed E-state index contributed by atoms with van der Waals surface area (Å²) in [7, 11) is 0. The van der Waals surface area contributed by atoms with Crippen molar-refractivity contribution in [3.63, 3.8) is 0 Å². The maximum atomic E-state index is 3.88. The molecule has 0 amide bonds. The summed E-state index contributed by atoms with van der Waals surface area (Å²) in [6, 6.07) is 0. The van der Waals surface area contributed by atoms with E-state index in [0.717, 1.165) is 10.7 Å². The van der Waals surface area contributed by atoms with Crippen molar-refractivity contribution in [1.82, 2.24) is 15.4 Å². The SMILES string of the molecule is C\C=C/C=c1/nn[nH]/c1=C/C. The Hall–Kier alpha value is -1.38. The first kappa shape index (κ1) is 7.72. The summed E-state index contributed by atoms with van der Waals surface area (Å²) in [6.45, 7) is 3.91. The molecule has 3 nitrogen and oxygen atoms in total. The van der Waals surface area contributed by atoms with Crippen molar-refractivity contribution >= 4 is 12.2 Å². The Bertz CT molecular complexity index is 346. The van der Waals surface area contributed by atoms with Crippen LogP contribution in [0.15, 0.2) is 12.2 Å². The molecule has 11 heavy (non-hydrogen) atoms. The van der Waals surface area contributed by atoms with Crippen molar-refractivity contribution in [2.75, 3.05) is 0 Å². The molecule has 1 heterocycles. The highest BCUT2D eigenvalue weighted by Crippen LogP contribution is 1.68. The Morgan fingerprint density at radius 3 is 2.82 bits per heavy atom. The fourth-order valence-corrected chi connectivity index (χ4v) is 0.767. The third-order valence-corrected chi connectivity index (χ3v) is 1.34. The van der Waals surface area contributed by atoms with Gasteiger partial charge in [0, 0.05) is 0 Å². The Labute approximate surface area is 65.1 Å². The molecule has 0 saturated heterocycles. The van der Waals surface area contributed by atoms with Gasteiger partial charge in [0.25, 0.3) is 0 Å². The van der Waals surface area contributed by atoms with E-state index < -0.39 is 0 Å². The number of H-pyrrole nitrogens is 1. The van der Waals surface area contributed by atoms with Crippen molar-refractivity contribution in [1.29, 1.82) is 0 Å². The third kappa shape index (κ3) is 1.77. The zero-order valence-corrected chi connectivity index (χ0v) is 6.70. The van der Waals surface area contributed by atoms with Gasteiger partial charge in [-0.25, -0.2) is 0 Å². The number of rotatable bonds is 1. The van der Waals surface area contributed by atoms with Crippen LogP contribution >= 0.6 is 0 Å². The van der Waals surface area contributed by atoms with Gasteiger partial charge in [-0.1, -0.05) is 23.4 Å². The van der Waals surface area contributed by atoms with Gasteiger partial charge in [0.2, 0.25) is 0 Å². The zero-order valence-electron chi connectivity index (χ0n) is 6.70. The molecule has 0 aromatic carbocycles. The number of nitrogens with zero attached hydrogens (tertiary/aromatic N) is 2. The minimum absolute atomic E-state index is 0.880. The van der Waals surface area contributed by atoms with Crippen molar-refractivity contribution < 1.29 is 0 Å². The van der Waals surface area contributed by atoms with Crippen molar-refractivity contribution in [3.05, 3.63) is 22.9 Å².